The average Bonchev–Trinajstić information content (AvgIpc) is 2.37. The topological polar surface area (TPSA) is 35.6 Å². The summed E-state index contributed by atoms with van der Waals surface area (Å²) in [6, 6.07) is 0. The molecule has 0 radical (unpaired) electrons. The summed E-state index contributed by atoms with van der Waals surface area (Å²) < 4.78 is 0. The van der Waals surface area contributed by atoms with Gasteiger partial charge < -0.3 is 15.1 Å². The fourth-order valence-electron chi connectivity index (χ4n) is 2.41. The predicted octanol–water partition coefficient (Wildman–Crippen LogP) is 1.18. The molecule has 4 nitrogen and oxygen atoms in total. The highest BCUT2D eigenvalue weighted by atomic mass is 16.2. The van der Waals surface area contributed by atoms with E-state index in [0.717, 1.165) is 18.9 Å². The lowest BCUT2D eigenvalue weighted by Crippen LogP contribution is -2.30. The van der Waals surface area contributed by atoms with Gasteiger partial charge in [-0.05, 0) is 64.8 Å². The molecule has 106 valence electrons. The standard InChI is InChI=1S/C14H29N3O/c1-16(2)14(18)5-4-11-17(3)12-8-13-6-9-15-10-7-13/h13,15H,4-12H2,1-3H3. The molecule has 18 heavy (non-hydrogen) atoms. The van der Waals surface area contributed by atoms with Crippen molar-refractivity contribution >= 4 is 5.91 Å². The zero-order chi connectivity index (χ0) is 13.4. The molecule has 0 spiro atoms. The third-order valence-electron chi connectivity index (χ3n) is 3.81. The van der Waals surface area contributed by atoms with Gasteiger partial charge in [0, 0.05) is 20.5 Å². The van der Waals surface area contributed by atoms with Crippen molar-refractivity contribution < 1.29 is 4.79 Å². The van der Waals surface area contributed by atoms with E-state index in [0.29, 0.717) is 6.42 Å². The Hall–Kier alpha value is -0.610. The molecule has 0 saturated carbocycles. The van der Waals surface area contributed by atoms with Crippen LogP contribution in [0.2, 0.25) is 0 Å². The quantitative estimate of drug-likeness (QED) is 0.742. The third kappa shape index (κ3) is 6.36. The predicted molar refractivity (Wildman–Crippen MR) is 75.6 cm³/mol. The molecule has 0 aromatic rings. The molecular weight excluding hydrogens is 226 g/mol. The minimum Gasteiger partial charge on any atom is -0.349 e. The Balaban J connectivity index is 2.02. The number of carbonyl (C=O) groups is 1. The fraction of sp³-hybridized carbons (Fsp3) is 0.929. The van der Waals surface area contributed by atoms with Crippen LogP contribution >= 0.6 is 0 Å². The number of amides is 1. The van der Waals surface area contributed by atoms with E-state index in [1.807, 2.05) is 14.1 Å². The van der Waals surface area contributed by atoms with Gasteiger partial charge >= 0.3 is 0 Å². The molecule has 1 saturated heterocycles. The van der Waals surface area contributed by atoms with Gasteiger partial charge in [-0.1, -0.05) is 0 Å². The Bertz CT molecular complexity index is 237. The smallest absolute Gasteiger partial charge is 0.222 e. The van der Waals surface area contributed by atoms with Crippen molar-refractivity contribution in [3.05, 3.63) is 0 Å². The Morgan fingerprint density at radius 2 is 1.83 bits per heavy atom. The number of nitrogens with one attached hydrogen (secondary N) is 1. The van der Waals surface area contributed by atoms with Crippen molar-refractivity contribution in [2.45, 2.75) is 32.1 Å². The summed E-state index contributed by atoms with van der Waals surface area (Å²) in [4.78, 5) is 15.5. The Morgan fingerprint density at radius 1 is 1.17 bits per heavy atom. The Kier molecular flexibility index (Phi) is 7.28. The number of hydrogen-bond acceptors (Lipinski definition) is 3. The summed E-state index contributed by atoms with van der Waals surface area (Å²) in [6.07, 6.45) is 5.60. The molecule has 1 heterocycles. The number of rotatable bonds is 7. The number of piperidine rings is 1. The van der Waals surface area contributed by atoms with Gasteiger partial charge in [-0.25, -0.2) is 0 Å². The number of hydrogen-bond donors (Lipinski definition) is 1. The van der Waals surface area contributed by atoms with Crippen molar-refractivity contribution in [3.8, 4) is 0 Å². The molecule has 1 aliphatic rings. The van der Waals surface area contributed by atoms with Crippen LogP contribution in [-0.4, -0.2) is 63.0 Å². The summed E-state index contributed by atoms with van der Waals surface area (Å²) in [6.45, 7) is 4.57. The maximum absolute atomic E-state index is 11.4. The van der Waals surface area contributed by atoms with Crippen LogP contribution < -0.4 is 5.32 Å². The Labute approximate surface area is 112 Å². The molecule has 0 atom stereocenters. The van der Waals surface area contributed by atoms with Crippen molar-refractivity contribution in [3.63, 3.8) is 0 Å². The fourth-order valence-corrected chi connectivity index (χ4v) is 2.41. The van der Waals surface area contributed by atoms with Gasteiger partial charge in [0.25, 0.3) is 0 Å². The molecule has 1 amide bonds. The highest BCUT2D eigenvalue weighted by molar-refractivity contribution is 5.75. The zero-order valence-electron chi connectivity index (χ0n) is 12.2. The molecular formula is C14H29N3O. The lowest BCUT2D eigenvalue weighted by atomic mass is 9.94. The monoisotopic (exact) mass is 255 g/mol. The summed E-state index contributed by atoms with van der Waals surface area (Å²) in [7, 11) is 5.81. The molecule has 0 aliphatic carbocycles. The van der Waals surface area contributed by atoms with Crippen LogP contribution in [0.3, 0.4) is 0 Å². The SMILES string of the molecule is CN(CCCC(=O)N(C)C)CCC1CCNCC1. The van der Waals surface area contributed by atoms with E-state index >= 15 is 0 Å². The maximum atomic E-state index is 11.4. The second-order valence-electron chi connectivity index (χ2n) is 5.68. The molecule has 0 aromatic carbocycles. The van der Waals surface area contributed by atoms with E-state index < -0.39 is 0 Å². The first-order chi connectivity index (χ1) is 8.59. The van der Waals surface area contributed by atoms with E-state index in [-0.39, 0.29) is 5.91 Å². The van der Waals surface area contributed by atoms with Crippen LogP contribution in [-0.2, 0) is 4.79 Å². The second-order valence-corrected chi connectivity index (χ2v) is 5.68. The first kappa shape index (κ1) is 15.4. The van der Waals surface area contributed by atoms with Crippen LogP contribution in [0.15, 0.2) is 0 Å². The maximum Gasteiger partial charge on any atom is 0.222 e. The molecule has 1 N–H and O–H groups in total. The highest BCUT2D eigenvalue weighted by Crippen LogP contribution is 2.16. The first-order valence-corrected chi connectivity index (χ1v) is 7.19. The minimum atomic E-state index is 0.238. The molecule has 4 heteroatoms. The minimum absolute atomic E-state index is 0.238. The summed E-state index contributed by atoms with van der Waals surface area (Å²) in [5.74, 6) is 1.14. The summed E-state index contributed by atoms with van der Waals surface area (Å²) in [5.41, 5.74) is 0. The van der Waals surface area contributed by atoms with Crippen LogP contribution in [0.25, 0.3) is 0 Å². The van der Waals surface area contributed by atoms with Crippen LogP contribution in [0.1, 0.15) is 32.1 Å². The molecule has 1 rings (SSSR count). The molecule has 1 aliphatic heterocycles. The van der Waals surface area contributed by atoms with E-state index in [1.165, 1.54) is 38.9 Å². The largest absolute Gasteiger partial charge is 0.349 e. The van der Waals surface area contributed by atoms with Gasteiger partial charge in [0.15, 0.2) is 0 Å². The zero-order valence-corrected chi connectivity index (χ0v) is 12.2. The van der Waals surface area contributed by atoms with Gasteiger partial charge in [0.05, 0.1) is 0 Å². The normalized spacial score (nSPS) is 17.1. The lowest BCUT2D eigenvalue weighted by molar-refractivity contribution is -0.128. The summed E-state index contributed by atoms with van der Waals surface area (Å²) in [5, 5.41) is 3.40. The Morgan fingerprint density at radius 3 is 2.44 bits per heavy atom. The molecule has 0 bridgehead atoms. The van der Waals surface area contributed by atoms with Crippen LogP contribution in [0.4, 0.5) is 0 Å². The summed E-state index contributed by atoms with van der Waals surface area (Å²) >= 11 is 0. The second kappa shape index (κ2) is 8.48. The average molecular weight is 255 g/mol. The van der Waals surface area contributed by atoms with Crippen molar-refractivity contribution in [1.29, 1.82) is 0 Å². The molecule has 1 fully saturated rings. The highest BCUT2D eigenvalue weighted by Gasteiger charge is 2.13. The van der Waals surface area contributed by atoms with Gasteiger partial charge in [-0.15, -0.1) is 0 Å². The van der Waals surface area contributed by atoms with Gasteiger partial charge in [-0.3, -0.25) is 4.79 Å². The van der Waals surface area contributed by atoms with E-state index in [1.54, 1.807) is 4.90 Å². The van der Waals surface area contributed by atoms with Crippen LogP contribution in [0.5, 0.6) is 0 Å². The number of carbonyl (C=O) groups excluding carboxylic acids is 1. The van der Waals surface area contributed by atoms with E-state index in [4.69, 9.17) is 0 Å². The van der Waals surface area contributed by atoms with Gasteiger partial charge in [0.1, 0.15) is 0 Å². The first-order valence-electron chi connectivity index (χ1n) is 7.19. The van der Waals surface area contributed by atoms with Gasteiger partial charge in [-0.2, -0.15) is 0 Å². The van der Waals surface area contributed by atoms with E-state index in [2.05, 4.69) is 17.3 Å². The lowest BCUT2D eigenvalue weighted by Gasteiger charge is -2.25. The van der Waals surface area contributed by atoms with Crippen molar-refractivity contribution in [2.24, 2.45) is 5.92 Å². The van der Waals surface area contributed by atoms with Gasteiger partial charge in [0.2, 0.25) is 5.91 Å². The third-order valence-corrected chi connectivity index (χ3v) is 3.81. The molecule has 0 aromatic heterocycles. The van der Waals surface area contributed by atoms with E-state index in [9.17, 15) is 4.79 Å². The van der Waals surface area contributed by atoms with Crippen molar-refractivity contribution in [2.75, 3.05) is 47.3 Å². The van der Waals surface area contributed by atoms with Crippen molar-refractivity contribution in [1.82, 2.24) is 15.1 Å². The number of nitrogens with zero attached hydrogens (tertiary/aromatic N) is 2. The van der Waals surface area contributed by atoms with Crippen LogP contribution in [0, 0.1) is 5.92 Å². The molecule has 0 unspecified atom stereocenters.